The molecule has 3 aliphatic carbocycles. The first-order valence-corrected chi connectivity index (χ1v) is 12.7. The summed E-state index contributed by atoms with van der Waals surface area (Å²) in [6, 6.07) is 19.5. The summed E-state index contributed by atoms with van der Waals surface area (Å²) < 4.78 is 0. The second-order valence-corrected chi connectivity index (χ2v) is 11.2. The summed E-state index contributed by atoms with van der Waals surface area (Å²) in [6.07, 6.45) is 0. The minimum absolute atomic E-state index is 0.451. The summed E-state index contributed by atoms with van der Waals surface area (Å²) in [5.74, 6) is -3.25. The minimum atomic E-state index is -1.26. The topological polar surface area (TPSA) is 66.5 Å². The number of anilines is 1. The van der Waals surface area contributed by atoms with E-state index in [1.165, 1.54) is 0 Å². The van der Waals surface area contributed by atoms with E-state index in [0.29, 0.717) is 5.69 Å². The Bertz CT molecular complexity index is 1360. The van der Waals surface area contributed by atoms with Crippen molar-refractivity contribution >= 4 is 46.6 Å². The molecular weight excluding hydrogens is 495 g/mol. The quantitative estimate of drug-likeness (QED) is 0.381. The molecule has 0 saturated carbocycles. The summed E-state index contributed by atoms with van der Waals surface area (Å²) in [5, 5.41) is 2.85. The molecule has 1 N–H and O–H groups in total. The molecule has 7 heteroatoms. The fraction of sp³-hybridized carbons (Fsp3) is 0.276. The lowest BCUT2D eigenvalue weighted by Crippen LogP contribution is -2.57. The molecule has 3 aromatic rings. The van der Waals surface area contributed by atoms with Gasteiger partial charge in [-0.3, -0.25) is 19.3 Å². The lowest BCUT2D eigenvalue weighted by molar-refractivity contribution is -0.146. The van der Waals surface area contributed by atoms with Crippen LogP contribution in [0.1, 0.15) is 40.3 Å². The third kappa shape index (κ3) is 2.76. The van der Waals surface area contributed by atoms with Gasteiger partial charge < -0.3 is 5.32 Å². The van der Waals surface area contributed by atoms with Crippen molar-refractivity contribution in [3.05, 3.63) is 100 Å². The molecule has 7 rings (SSSR count). The minimum Gasteiger partial charge on any atom is -0.324 e. The first-order valence-electron chi connectivity index (χ1n) is 11.9. The molecule has 5 nitrogen and oxygen atoms in total. The summed E-state index contributed by atoms with van der Waals surface area (Å²) in [4.78, 5) is 39.8. The van der Waals surface area contributed by atoms with Gasteiger partial charge in [0.2, 0.25) is 17.7 Å². The van der Waals surface area contributed by atoms with Gasteiger partial charge in [0.15, 0.2) is 0 Å². The SMILES string of the molecule is Cc1ccc(NC(=O)[C@H](C)N2C(=O)[C@@H]3[C@@H](C2=O)C2(Cl)c4ccccc4C3(Cl)c3ccccc32)cc1C. The van der Waals surface area contributed by atoms with Gasteiger partial charge in [-0.25, -0.2) is 0 Å². The fourth-order valence-electron chi connectivity index (χ4n) is 6.25. The molecule has 0 radical (unpaired) electrons. The van der Waals surface area contributed by atoms with Gasteiger partial charge in [0.05, 0.1) is 11.8 Å². The highest BCUT2D eigenvalue weighted by molar-refractivity contribution is 6.36. The molecule has 0 spiro atoms. The number of carbonyl (C=O) groups excluding carboxylic acids is 3. The number of carbonyl (C=O) groups is 3. The van der Waals surface area contributed by atoms with E-state index in [1.54, 1.807) is 13.0 Å². The zero-order valence-electron chi connectivity index (χ0n) is 20.0. The molecule has 1 saturated heterocycles. The summed E-state index contributed by atoms with van der Waals surface area (Å²) in [5.41, 5.74) is 5.67. The number of alkyl halides is 2. The van der Waals surface area contributed by atoms with Gasteiger partial charge >= 0.3 is 0 Å². The van der Waals surface area contributed by atoms with Crippen molar-refractivity contribution in [2.24, 2.45) is 11.8 Å². The average molecular weight is 519 g/mol. The maximum atomic E-state index is 14.0. The number of amides is 3. The van der Waals surface area contributed by atoms with Crippen LogP contribution in [0, 0.1) is 25.7 Å². The lowest BCUT2D eigenvalue weighted by atomic mass is 9.54. The van der Waals surface area contributed by atoms with Crippen LogP contribution in [0.4, 0.5) is 5.69 Å². The van der Waals surface area contributed by atoms with Crippen LogP contribution in [0.3, 0.4) is 0 Å². The number of likely N-dealkylation sites (tertiary alicyclic amines) is 1. The Kier molecular flexibility index (Phi) is 4.96. The first-order chi connectivity index (χ1) is 17.1. The van der Waals surface area contributed by atoms with Crippen molar-refractivity contribution in [1.29, 1.82) is 0 Å². The molecular formula is C29H24Cl2N2O3. The van der Waals surface area contributed by atoms with Crippen LogP contribution in [0.25, 0.3) is 0 Å². The van der Waals surface area contributed by atoms with E-state index in [-0.39, 0.29) is 0 Å². The largest absolute Gasteiger partial charge is 0.324 e. The number of hydrogen-bond acceptors (Lipinski definition) is 3. The summed E-state index contributed by atoms with van der Waals surface area (Å²) in [7, 11) is 0. The fourth-order valence-corrected chi connectivity index (χ4v) is 7.35. The van der Waals surface area contributed by atoms with Gasteiger partial charge in [-0.05, 0) is 66.3 Å². The maximum absolute atomic E-state index is 14.0. The normalized spacial score (nSPS) is 28.4. The molecule has 3 amide bonds. The first kappa shape index (κ1) is 23.3. The zero-order valence-corrected chi connectivity index (χ0v) is 21.5. The van der Waals surface area contributed by atoms with Crippen LogP contribution in [-0.4, -0.2) is 28.7 Å². The smallest absolute Gasteiger partial charge is 0.247 e. The Morgan fingerprint density at radius 3 is 1.67 bits per heavy atom. The Labute approximate surface area is 219 Å². The van der Waals surface area contributed by atoms with Crippen molar-refractivity contribution in [2.45, 2.75) is 36.6 Å². The second kappa shape index (κ2) is 7.67. The summed E-state index contributed by atoms with van der Waals surface area (Å²) >= 11 is 14.9. The highest BCUT2D eigenvalue weighted by Gasteiger charge is 2.73. The third-order valence-corrected chi connectivity index (χ3v) is 9.45. The number of benzene rings is 3. The van der Waals surface area contributed by atoms with Crippen molar-refractivity contribution in [1.82, 2.24) is 4.90 Å². The van der Waals surface area contributed by atoms with Crippen LogP contribution < -0.4 is 5.32 Å². The molecule has 3 aromatic carbocycles. The lowest BCUT2D eigenvalue weighted by Gasteiger charge is -2.54. The number of rotatable bonds is 3. The van der Waals surface area contributed by atoms with E-state index in [1.807, 2.05) is 74.5 Å². The van der Waals surface area contributed by atoms with Crippen LogP contribution in [0.15, 0.2) is 66.7 Å². The molecule has 182 valence electrons. The standard InChI is InChI=1S/C29H24Cl2N2O3/c1-15-12-13-18(14-16(15)2)32-25(34)17(3)33-26(35)23-24(27(33)36)29(31)20-9-5-4-8-19(20)28(23,30)21-10-6-7-11-22(21)29/h4-14,17,23-24H,1-3H3,(H,32,34)/t17-,23-,24-,28?,29?/m0/s1. The van der Waals surface area contributed by atoms with E-state index < -0.39 is 45.3 Å². The highest BCUT2D eigenvalue weighted by atomic mass is 35.5. The van der Waals surface area contributed by atoms with E-state index in [2.05, 4.69) is 5.32 Å². The summed E-state index contributed by atoms with van der Waals surface area (Å²) in [6.45, 7) is 5.51. The van der Waals surface area contributed by atoms with E-state index in [9.17, 15) is 14.4 Å². The van der Waals surface area contributed by atoms with Crippen molar-refractivity contribution in [3.63, 3.8) is 0 Å². The molecule has 0 unspecified atom stereocenters. The Morgan fingerprint density at radius 2 is 1.25 bits per heavy atom. The van der Waals surface area contributed by atoms with E-state index >= 15 is 0 Å². The molecule has 1 aliphatic heterocycles. The van der Waals surface area contributed by atoms with Crippen LogP contribution >= 0.6 is 23.2 Å². The monoisotopic (exact) mass is 518 g/mol. The number of halogens is 2. The molecule has 36 heavy (non-hydrogen) atoms. The van der Waals surface area contributed by atoms with Gasteiger partial charge in [-0.1, -0.05) is 54.6 Å². The van der Waals surface area contributed by atoms with Crippen molar-refractivity contribution in [3.8, 4) is 0 Å². The third-order valence-electron chi connectivity index (χ3n) is 8.16. The van der Waals surface area contributed by atoms with Gasteiger partial charge in [0.25, 0.3) is 0 Å². The number of nitrogens with zero attached hydrogens (tertiary/aromatic N) is 1. The number of nitrogens with one attached hydrogen (secondary N) is 1. The highest BCUT2D eigenvalue weighted by Crippen LogP contribution is 2.69. The van der Waals surface area contributed by atoms with Gasteiger partial charge in [-0.2, -0.15) is 0 Å². The van der Waals surface area contributed by atoms with Gasteiger partial charge in [0.1, 0.15) is 15.8 Å². The Balaban J connectivity index is 1.43. The predicted octanol–water partition coefficient (Wildman–Crippen LogP) is 5.22. The molecule has 4 aliphatic rings. The molecule has 2 bridgehead atoms. The molecule has 0 aromatic heterocycles. The van der Waals surface area contributed by atoms with Gasteiger partial charge in [0, 0.05) is 5.69 Å². The predicted molar refractivity (Wildman–Crippen MR) is 139 cm³/mol. The van der Waals surface area contributed by atoms with Crippen LogP contribution in [0.5, 0.6) is 0 Å². The number of hydrogen-bond donors (Lipinski definition) is 1. The molecule has 3 atom stereocenters. The van der Waals surface area contributed by atoms with E-state index in [0.717, 1.165) is 38.3 Å². The average Bonchev–Trinajstić information content (AvgIpc) is 3.15. The molecule has 1 fully saturated rings. The maximum Gasteiger partial charge on any atom is 0.247 e. The second-order valence-electron chi connectivity index (χ2n) is 9.98. The van der Waals surface area contributed by atoms with Crippen molar-refractivity contribution in [2.75, 3.05) is 5.32 Å². The van der Waals surface area contributed by atoms with Gasteiger partial charge in [-0.15, -0.1) is 23.2 Å². The van der Waals surface area contributed by atoms with Crippen molar-refractivity contribution < 1.29 is 14.4 Å². The number of aryl methyl sites for hydroxylation is 2. The molecule has 1 heterocycles. The number of imide groups is 1. The Morgan fingerprint density at radius 1 is 0.806 bits per heavy atom. The Hall–Kier alpha value is -3.15. The van der Waals surface area contributed by atoms with E-state index in [4.69, 9.17) is 23.2 Å². The zero-order chi connectivity index (χ0) is 25.6. The van der Waals surface area contributed by atoms with Crippen LogP contribution in [-0.2, 0) is 24.1 Å². The van der Waals surface area contributed by atoms with Crippen LogP contribution in [0.2, 0.25) is 0 Å².